The van der Waals surface area contributed by atoms with Gasteiger partial charge in [0.05, 0.1) is 21.4 Å². The van der Waals surface area contributed by atoms with Crippen LogP contribution in [0.2, 0.25) is 5.02 Å². The summed E-state index contributed by atoms with van der Waals surface area (Å²) in [5.41, 5.74) is 0.251. The normalized spacial score (nSPS) is 12.4. The highest BCUT2D eigenvalue weighted by molar-refractivity contribution is 7.84. The van der Waals surface area contributed by atoms with E-state index in [0.717, 1.165) is 6.07 Å². The van der Waals surface area contributed by atoms with Crippen LogP contribution in [0.1, 0.15) is 5.56 Å². The summed E-state index contributed by atoms with van der Waals surface area (Å²) in [5, 5.41) is 0.271. The lowest BCUT2D eigenvalue weighted by molar-refractivity contribution is 0.593. The van der Waals surface area contributed by atoms with E-state index in [4.69, 9.17) is 11.6 Å². The third-order valence-corrected chi connectivity index (χ3v) is 4.01. The molecule has 0 saturated carbocycles. The second-order valence-electron chi connectivity index (χ2n) is 3.66. The second-order valence-corrected chi connectivity index (χ2v) is 5.51. The van der Waals surface area contributed by atoms with Crippen LogP contribution < -0.4 is 0 Å². The van der Waals surface area contributed by atoms with Crippen molar-refractivity contribution in [3.05, 3.63) is 64.7 Å². The standard InChI is InChI=1S/C13H9ClF2OS/c14-10-6-5-9(12(16)7-10)8-18(17)13-4-2-1-3-11(13)15/h1-7H,8H2. The van der Waals surface area contributed by atoms with Crippen molar-refractivity contribution in [2.45, 2.75) is 10.6 Å². The summed E-state index contributed by atoms with van der Waals surface area (Å²) < 4.78 is 38.9. The highest BCUT2D eigenvalue weighted by Crippen LogP contribution is 2.20. The Morgan fingerprint density at radius 2 is 1.78 bits per heavy atom. The molecule has 2 aromatic carbocycles. The second kappa shape index (κ2) is 5.59. The van der Waals surface area contributed by atoms with Crippen LogP contribution in [0, 0.1) is 11.6 Å². The summed E-state index contributed by atoms with van der Waals surface area (Å²) in [6, 6.07) is 9.88. The van der Waals surface area contributed by atoms with E-state index in [-0.39, 0.29) is 21.2 Å². The Hall–Kier alpha value is -1.26. The lowest BCUT2D eigenvalue weighted by Gasteiger charge is -2.05. The van der Waals surface area contributed by atoms with Gasteiger partial charge in [0.2, 0.25) is 0 Å². The highest BCUT2D eigenvalue weighted by atomic mass is 35.5. The molecule has 1 nitrogen and oxygen atoms in total. The summed E-state index contributed by atoms with van der Waals surface area (Å²) >= 11 is 5.62. The highest BCUT2D eigenvalue weighted by Gasteiger charge is 2.12. The molecule has 5 heteroatoms. The molecule has 0 radical (unpaired) electrons. The summed E-state index contributed by atoms with van der Waals surface area (Å²) in [4.78, 5) is 0.0758. The van der Waals surface area contributed by atoms with E-state index in [1.807, 2.05) is 0 Å². The van der Waals surface area contributed by atoms with Crippen molar-refractivity contribution in [2.75, 3.05) is 0 Å². The van der Waals surface area contributed by atoms with Crippen molar-refractivity contribution >= 4 is 22.4 Å². The number of halogens is 3. The molecule has 0 saturated heterocycles. The van der Waals surface area contributed by atoms with Crippen molar-refractivity contribution in [1.82, 2.24) is 0 Å². The average Bonchev–Trinajstić information content (AvgIpc) is 2.33. The molecule has 0 N–H and O–H groups in total. The molecule has 2 aromatic rings. The Labute approximate surface area is 111 Å². The molecule has 0 heterocycles. The Morgan fingerprint density at radius 1 is 1.06 bits per heavy atom. The summed E-state index contributed by atoms with van der Waals surface area (Å²) in [5.74, 6) is -1.17. The van der Waals surface area contributed by atoms with Gasteiger partial charge in [0.15, 0.2) is 0 Å². The predicted octanol–water partition coefficient (Wildman–Crippen LogP) is 3.93. The van der Waals surface area contributed by atoms with Gasteiger partial charge < -0.3 is 0 Å². The zero-order valence-electron chi connectivity index (χ0n) is 9.20. The van der Waals surface area contributed by atoms with Crippen molar-refractivity contribution < 1.29 is 13.0 Å². The van der Waals surface area contributed by atoms with E-state index in [0.29, 0.717) is 0 Å². The number of hydrogen-bond donors (Lipinski definition) is 0. The van der Waals surface area contributed by atoms with Gasteiger partial charge in [-0.2, -0.15) is 0 Å². The van der Waals surface area contributed by atoms with Gasteiger partial charge in [0, 0.05) is 10.6 Å². The third-order valence-electron chi connectivity index (χ3n) is 2.38. The van der Waals surface area contributed by atoms with Gasteiger partial charge in [-0.3, -0.25) is 4.21 Å². The van der Waals surface area contributed by atoms with Gasteiger partial charge in [-0.25, -0.2) is 8.78 Å². The van der Waals surface area contributed by atoms with Crippen LogP contribution in [0.5, 0.6) is 0 Å². The largest absolute Gasteiger partial charge is 0.254 e. The van der Waals surface area contributed by atoms with Crippen LogP contribution in [0.25, 0.3) is 0 Å². The van der Waals surface area contributed by atoms with Crippen LogP contribution in [-0.2, 0) is 16.6 Å². The topological polar surface area (TPSA) is 17.1 Å². The fourth-order valence-electron chi connectivity index (χ4n) is 1.49. The van der Waals surface area contributed by atoms with E-state index in [1.165, 1.54) is 30.3 Å². The number of benzene rings is 2. The summed E-state index contributed by atoms with van der Waals surface area (Å²) in [6.45, 7) is 0. The van der Waals surface area contributed by atoms with Crippen LogP contribution in [0.3, 0.4) is 0 Å². The quantitative estimate of drug-likeness (QED) is 0.836. The molecule has 2 rings (SSSR count). The number of hydrogen-bond acceptors (Lipinski definition) is 1. The minimum atomic E-state index is -1.62. The molecule has 0 aliphatic carbocycles. The zero-order chi connectivity index (χ0) is 13.1. The lowest BCUT2D eigenvalue weighted by atomic mass is 10.2. The molecule has 0 amide bonds. The molecule has 0 bridgehead atoms. The van der Waals surface area contributed by atoms with Gasteiger partial charge in [-0.05, 0) is 24.3 Å². The van der Waals surface area contributed by atoms with Crippen LogP contribution in [0.15, 0.2) is 47.4 Å². The molecule has 94 valence electrons. The van der Waals surface area contributed by atoms with Crippen LogP contribution >= 0.6 is 11.6 Å². The smallest absolute Gasteiger partial charge is 0.139 e. The third kappa shape index (κ3) is 2.94. The maximum Gasteiger partial charge on any atom is 0.139 e. The molecule has 0 spiro atoms. The maximum atomic E-state index is 13.5. The summed E-state index contributed by atoms with van der Waals surface area (Å²) in [7, 11) is -1.62. The Bertz CT molecular complexity index is 601. The first kappa shape index (κ1) is 13.2. The predicted molar refractivity (Wildman–Crippen MR) is 67.9 cm³/mol. The molecule has 1 atom stereocenters. The van der Waals surface area contributed by atoms with Crippen molar-refractivity contribution in [2.24, 2.45) is 0 Å². The van der Waals surface area contributed by atoms with Crippen molar-refractivity contribution in [1.29, 1.82) is 0 Å². The van der Waals surface area contributed by atoms with E-state index in [2.05, 4.69) is 0 Å². The van der Waals surface area contributed by atoms with Crippen LogP contribution in [0.4, 0.5) is 8.78 Å². The molecule has 0 aliphatic heterocycles. The van der Waals surface area contributed by atoms with Gasteiger partial charge in [-0.15, -0.1) is 0 Å². The van der Waals surface area contributed by atoms with Gasteiger partial charge in [-0.1, -0.05) is 29.8 Å². The minimum absolute atomic E-state index is 0.0758. The van der Waals surface area contributed by atoms with Crippen LogP contribution in [-0.4, -0.2) is 4.21 Å². The first-order valence-corrected chi connectivity index (χ1v) is 6.84. The average molecular weight is 287 g/mol. The minimum Gasteiger partial charge on any atom is -0.254 e. The van der Waals surface area contributed by atoms with Gasteiger partial charge in [0.25, 0.3) is 0 Å². The summed E-state index contributed by atoms with van der Waals surface area (Å²) in [6.07, 6.45) is 0. The maximum absolute atomic E-state index is 13.5. The monoisotopic (exact) mass is 286 g/mol. The molecule has 18 heavy (non-hydrogen) atoms. The Kier molecular flexibility index (Phi) is 4.09. The molecule has 1 unspecified atom stereocenters. The van der Waals surface area contributed by atoms with Gasteiger partial charge in [0.1, 0.15) is 11.6 Å². The SMILES string of the molecule is O=S(Cc1ccc(Cl)cc1F)c1ccccc1F. The first-order valence-electron chi connectivity index (χ1n) is 5.15. The van der Waals surface area contributed by atoms with E-state index in [1.54, 1.807) is 6.07 Å². The lowest BCUT2D eigenvalue weighted by Crippen LogP contribution is -2.01. The Balaban J connectivity index is 2.24. The van der Waals surface area contributed by atoms with Gasteiger partial charge >= 0.3 is 0 Å². The zero-order valence-corrected chi connectivity index (χ0v) is 10.8. The Morgan fingerprint density at radius 3 is 2.44 bits per heavy atom. The van der Waals surface area contributed by atoms with E-state index >= 15 is 0 Å². The van der Waals surface area contributed by atoms with E-state index in [9.17, 15) is 13.0 Å². The molecule has 0 aromatic heterocycles. The number of rotatable bonds is 3. The fourth-order valence-corrected chi connectivity index (χ4v) is 2.83. The van der Waals surface area contributed by atoms with Crippen molar-refractivity contribution in [3.63, 3.8) is 0 Å². The molecular formula is C13H9ClF2OS. The molecule has 0 aliphatic rings. The van der Waals surface area contributed by atoms with Crippen molar-refractivity contribution in [3.8, 4) is 0 Å². The molecular weight excluding hydrogens is 278 g/mol. The first-order chi connectivity index (χ1) is 8.58. The molecule has 0 fully saturated rings. The fraction of sp³-hybridized carbons (Fsp3) is 0.0769. The van der Waals surface area contributed by atoms with E-state index < -0.39 is 22.4 Å².